The van der Waals surface area contributed by atoms with Crippen molar-refractivity contribution in [2.75, 3.05) is 5.73 Å². The third-order valence-corrected chi connectivity index (χ3v) is 10.1. The van der Waals surface area contributed by atoms with Crippen LogP contribution >= 0.6 is 0 Å². The van der Waals surface area contributed by atoms with Crippen molar-refractivity contribution < 1.29 is 0 Å². The van der Waals surface area contributed by atoms with Crippen molar-refractivity contribution in [3.8, 4) is 0 Å². The molecule has 2 N–H and O–H groups in total. The summed E-state index contributed by atoms with van der Waals surface area (Å²) in [5.74, 6) is 0.770. The number of fused-ring (bicyclic) bond motifs is 1. The largest absolute Gasteiger partial charge is 0.398 e. The van der Waals surface area contributed by atoms with Gasteiger partial charge in [0.15, 0.2) is 0 Å². The summed E-state index contributed by atoms with van der Waals surface area (Å²) in [7, 11) is 0. The summed E-state index contributed by atoms with van der Waals surface area (Å²) in [6.07, 6.45) is 46.4. The van der Waals surface area contributed by atoms with Gasteiger partial charge in [-0.25, -0.2) is 0 Å². The Balaban J connectivity index is 1.21. The third-order valence-electron chi connectivity index (χ3n) is 10.1. The average Bonchev–Trinajstić information content (AvgIpc) is 2.99. The van der Waals surface area contributed by atoms with E-state index in [1.54, 1.807) is 5.56 Å². The highest BCUT2D eigenvalue weighted by Gasteiger charge is 2.20. The Morgan fingerprint density at radius 3 is 1.27 bits per heavy atom. The zero-order valence-electron chi connectivity index (χ0n) is 28.0. The Morgan fingerprint density at radius 1 is 0.512 bits per heavy atom. The molecule has 0 saturated heterocycles. The van der Waals surface area contributed by atoms with E-state index in [0.29, 0.717) is 0 Å². The lowest BCUT2D eigenvalue weighted by molar-refractivity contribution is 0.480. The monoisotopic (exact) mass is 568 g/mol. The predicted molar refractivity (Wildman–Crippen MR) is 186 cm³/mol. The highest BCUT2D eigenvalue weighted by Crippen LogP contribution is 2.37. The Bertz CT molecular complexity index is 694. The molecule has 1 nitrogen and oxygen atoms in total. The normalized spacial score (nSPS) is 14.9. The molecule has 41 heavy (non-hydrogen) atoms. The van der Waals surface area contributed by atoms with Gasteiger partial charge in [-0.05, 0) is 48.8 Å². The van der Waals surface area contributed by atoms with Crippen LogP contribution in [0.3, 0.4) is 0 Å². The van der Waals surface area contributed by atoms with Gasteiger partial charge in [0.25, 0.3) is 0 Å². The molecule has 0 amide bonds. The van der Waals surface area contributed by atoms with Crippen LogP contribution in [-0.2, 0) is 6.42 Å². The Labute approximate surface area is 258 Å². The molecule has 1 aliphatic carbocycles. The molecule has 0 saturated carbocycles. The van der Waals surface area contributed by atoms with Crippen LogP contribution in [0, 0.1) is 0 Å². The summed E-state index contributed by atoms with van der Waals surface area (Å²) in [6.45, 7) is 2.31. The van der Waals surface area contributed by atoms with Crippen LogP contribution in [0.1, 0.15) is 223 Å². The number of unbranched alkanes of at least 4 members (excludes halogenated alkanes) is 27. The maximum absolute atomic E-state index is 6.23. The molecule has 1 aromatic carbocycles. The first-order valence-corrected chi connectivity index (χ1v) is 19.2. The van der Waals surface area contributed by atoms with E-state index in [0.717, 1.165) is 11.6 Å². The fraction of sp³-hybridized carbons (Fsp3) is 0.850. The van der Waals surface area contributed by atoms with E-state index in [4.69, 9.17) is 5.73 Å². The highest BCUT2D eigenvalue weighted by molar-refractivity contribution is 5.53. The highest BCUT2D eigenvalue weighted by atomic mass is 14.6. The maximum atomic E-state index is 6.23. The van der Waals surface area contributed by atoms with Gasteiger partial charge in [0, 0.05) is 5.69 Å². The molecule has 1 atom stereocenters. The Kier molecular flexibility index (Phi) is 23.5. The van der Waals surface area contributed by atoms with E-state index in [2.05, 4.69) is 25.1 Å². The fourth-order valence-electron chi connectivity index (χ4n) is 7.34. The predicted octanol–water partition coefficient (Wildman–Crippen LogP) is 14.0. The van der Waals surface area contributed by atoms with Crippen LogP contribution < -0.4 is 5.73 Å². The third kappa shape index (κ3) is 19.0. The summed E-state index contributed by atoms with van der Waals surface area (Å²) in [5, 5.41) is 0. The zero-order chi connectivity index (χ0) is 29.1. The number of nitrogen functional groups attached to an aromatic ring is 1. The summed E-state index contributed by atoms with van der Waals surface area (Å²) in [5.41, 5.74) is 10.3. The van der Waals surface area contributed by atoms with Gasteiger partial charge in [0.2, 0.25) is 0 Å². The van der Waals surface area contributed by atoms with Crippen LogP contribution in [0.4, 0.5) is 5.69 Å². The van der Waals surface area contributed by atoms with Crippen LogP contribution in [0.2, 0.25) is 0 Å². The van der Waals surface area contributed by atoms with Gasteiger partial charge in [-0.3, -0.25) is 0 Å². The van der Waals surface area contributed by atoms with Crippen molar-refractivity contribution in [1.29, 1.82) is 0 Å². The van der Waals surface area contributed by atoms with E-state index in [9.17, 15) is 0 Å². The minimum Gasteiger partial charge on any atom is -0.398 e. The van der Waals surface area contributed by atoms with Crippen molar-refractivity contribution in [2.24, 2.45) is 0 Å². The van der Waals surface area contributed by atoms with E-state index in [1.165, 1.54) is 211 Å². The van der Waals surface area contributed by atoms with Gasteiger partial charge in [0.1, 0.15) is 0 Å². The first-order valence-electron chi connectivity index (χ1n) is 19.2. The van der Waals surface area contributed by atoms with Crippen molar-refractivity contribution >= 4 is 5.69 Å². The van der Waals surface area contributed by atoms with Crippen molar-refractivity contribution in [3.05, 3.63) is 29.3 Å². The number of benzene rings is 1. The van der Waals surface area contributed by atoms with Gasteiger partial charge in [-0.1, -0.05) is 199 Å². The molecule has 0 spiro atoms. The van der Waals surface area contributed by atoms with Gasteiger partial charge in [0.05, 0.1) is 0 Å². The first-order chi connectivity index (χ1) is 20.3. The number of rotatable bonds is 29. The number of hydrogen-bond acceptors (Lipinski definition) is 1. The molecule has 0 aliphatic heterocycles. The molecule has 0 radical (unpaired) electrons. The maximum Gasteiger partial charge on any atom is 0.0349 e. The van der Waals surface area contributed by atoms with E-state index in [-0.39, 0.29) is 0 Å². The Morgan fingerprint density at radius 2 is 0.878 bits per heavy atom. The topological polar surface area (TPSA) is 26.0 Å². The Hall–Kier alpha value is -0.980. The molecule has 1 aromatic rings. The molecule has 0 heterocycles. The molecule has 0 aromatic heterocycles. The minimum absolute atomic E-state index is 0.770. The molecular formula is C40H73N. The first kappa shape index (κ1) is 36.2. The molecule has 0 fully saturated rings. The number of nitrogens with two attached hydrogens (primary N) is 1. The molecule has 2 rings (SSSR count). The van der Waals surface area contributed by atoms with Crippen molar-refractivity contribution in [1.82, 2.24) is 0 Å². The summed E-state index contributed by atoms with van der Waals surface area (Å²) in [6, 6.07) is 6.59. The van der Waals surface area contributed by atoms with Crippen molar-refractivity contribution in [3.63, 3.8) is 0 Å². The van der Waals surface area contributed by atoms with Crippen LogP contribution in [0.25, 0.3) is 0 Å². The SMILES string of the molecule is CCCCCCCCCCCCCCCCCCCCCCCCCCCCCCC1CCCc2c(N)cccc21. The fourth-order valence-corrected chi connectivity index (χ4v) is 7.34. The van der Waals surface area contributed by atoms with Crippen LogP contribution in [0.15, 0.2) is 18.2 Å². The van der Waals surface area contributed by atoms with E-state index >= 15 is 0 Å². The van der Waals surface area contributed by atoms with Crippen LogP contribution in [0.5, 0.6) is 0 Å². The standard InChI is InChI=1S/C40H73N/c1-2-3-4-5-6-7-8-9-10-11-12-13-14-15-16-17-18-19-20-21-22-23-24-25-26-27-28-29-32-37-33-30-35-39-38(37)34-31-36-40(39)41/h31,34,36-37H,2-30,32-33,35,41H2,1H3. The molecular weight excluding hydrogens is 494 g/mol. The quantitative estimate of drug-likeness (QED) is 0.0756. The average molecular weight is 568 g/mol. The molecule has 1 aliphatic rings. The molecule has 1 heteroatoms. The van der Waals surface area contributed by atoms with Gasteiger partial charge in [-0.15, -0.1) is 0 Å². The van der Waals surface area contributed by atoms with Gasteiger partial charge < -0.3 is 5.73 Å². The van der Waals surface area contributed by atoms with Crippen LogP contribution in [-0.4, -0.2) is 0 Å². The lowest BCUT2D eigenvalue weighted by atomic mass is 9.79. The van der Waals surface area contributed by atoms with Gasteiger partial charge >= 0.3 is 0 Å². The van der Waals surface area contributed by atoms with Gasteiger partial charge in [-0.2, -0.15) is 0 Å². The zero-order valence-corrected chi connectivity index (χ0v) is 28.0. The van der Waals surface area contributed by atoms with Crippen molar-refractivity contribution in [2.45, 2.75) is 218 Å². The number of hydrogen-bond donors (Lipinski definition) is 1. The number of anilines is 1. The summed E-state index contributed by atoms with van der Waals surface area (Å²) >= 11 is 0. The lowest BCUT2D eigenvalue weighted by Gasteiger charge is -2.26. The second kappa shape index (κ2) is 26.6. The van der Waals surface area contributed by atoms with E-state index in [1.807, 2.05) is 0 Å². The molecule has 1 unspecified atom stereocenters. The molecule has 0 bridgehead atoms. The smallest absolute Gasteiger partial charge is 0.0349 e. The lowest BCUT2D eigenvalue weighted by Crippen LogP contribution is -2.11. The second-order valence-corrected chi connectivity index (χ2v) is 13.8. The summed E-state index contributed by atoms with van der Waals surface area (Å²) < 4.78 is 0. The molecule has 238 valence electrons. The summed E-state index contributed by atoms with van der Waals surface area (Å²) in [4.78, 5) is 0. The second-order valence-electron chi connectivity index (χ2n) is 13.8. The van der Waals surface area contributed by atoms with E-state index < -0.39 is 0 Å². The minimum atomic E-state index is 0.770.